The standard InChI is InChI=1S/C19H20ClN3O3/c1-19(2)12-26-23(18(19)25)11-14-10-15(8-9-16(14)20)21-22-17(24)13-6-4-3-5-7-13/h3-10,21H,11-12H2,1-2H3,(H,22,24). The highest BCUT2D eigenvalue weighted by atomic mass is 35.5. The zero-order valence-electron chi connectivity index (χ0n) is 14.6. The molecule has 2 aromatic carbocycles. The molecule has 1 heterocycles. The van der Waals surface area contributed by atoms with Gasteiger partial charge in [0.1, 0.15) is 0 Å². The second-order valence-electron chi connectivity index (χ2n) is 6.75. The van der Waals surface area contributed by atoms with Crippen molar-refractivity contribution in [3.05, 3.63) is 64.7 Å². The fraction of sp³-hybridized carbons (Fsp3) is 0.263. The van der Waals surface area contributed by atoms with Crippen LogP contribution < -0.4 is 10.9 Å². The quantitative estimate of drug-likeness (QED) is 0.788. The number of hydrogen-bond acceptors (Lipinski definition) is 4. The molecule has 0 aromatic heterocycles. The van der Waals surface area contributed by atoms with Crippen LogP contribution in [0.2, 0.25) is 5.02 Å². The number of hydroxylamine groups is 2. The Morgan fingerprint density at radius 1 is 1.23 bits per heavy atom. The molecule has 6 nitrogen and oxygen atoms in total. The Hall–Kier alpha value is -2.57. The van der Waals surface area contributed by atoms with Gasteiger partial charge in [-0.05, 0) is 49.7 Å². The molecule has 0 unspecified atom stereocenters. The third-order valence-electron chi connectivity index (χ3n) is 4.10. The number of nitrogens with zero attached hydrogens (tertiary/aromatic N) is 1. The van der Waals surface area contributed by atoms with Crippen molar-refractivity contribution in [2.75, 3.05) is 12.0 Å². The van der Waals surface area contributed by atoms with E-state index in [0.717, 1.165) is 5.56 Å². The Labute approximate surface area is 157 Å². The van der Waals surface area contributed by atoms with Gasteiger partial charge in [-0.2, -0.15) is 0 Å². The van der Waals surface area contributed by atoms with Crippen LogP contribution >= 0.6 is 11.6 Å². The Morgan fingerprint density at radius 2 is 1.96 bits per heavy atom. The number of halogens is 1. The van der Waals surface area contributed by atoms with Crippen molar-refractivity contribution in [3.8, 4) is 0 Å². The van der Waals surface area contributed by atoms with Gasteiger partial charge in [-0.25, -0.2) is 5.06 Å². The van der Waals surface area contributed by atoms with Crippen molar-refractivity contribution in [1.82, 2.24) is 10.5 Å². The van der Waals surface area contributed by atoms with Crippen molar-refractivity contribution >= 4 is 29.1 Å². The van der Waals surface area contributed by atoms with E-state index in [1.807, 2.05) is 19.9 Å². The SMILES string of the molecule is CC1(C)CON(Cc2cc(NNC(=O)c3ccccc3)ccc2Cl)C1=O. The third kappa shape index (κ3) is 3.98. The first-order chi connectivity index (χ1) is 12.4. The molecule has 1 fully saturated rings. The monoisotopic (exact) mass is 373 g/mol. The molecule has 0 saturated carbocycles. The van der Waals surface area contributed by atoms with E-state index in [0.29, 0.717) is 22.9 Å². The van der Waals surface area contributed by atoms with Crippen LogP contribution in [0.15, 0.2) is 48.5 Å². The van der Waals surface area contributed by atoms with Crippen LogP contribution in [0.5, 0.6) is 0 Å². The molecule has 0 spiro atoms. The molecule has 0 aliphatic carbocycles. The van der Waals surface area contributed by atoms with Gasteiger partial charge in [-0.1, -0.05) is 29.8 Å². The van der Waals surface area contributed by atoms with Crippen molar-refractivity contribution in [2.24, 2.45) is 5.41 Å². The van der Waals surface area contributed by atoms with Crippen molar-refractivity contribution in [1.29, 1.82) is 0 Å². The number of carbonyl (C=O) groups is 2. The van der Waals surface area contributed by atoms with Crippen LogP contribution in [0.3, 0.4) is 0 Å². The second kappa shape index (κ2) is 7.35. The minimum atomic E-state index is -0.536. The molecule has 2 amide bonds. The van der Waals surface area contributed by atoms with Crippen LogP contribution in [-0.4, -0.2) is 23.5 Å². The zero-order valence-corrected chi connectivity index (χ0v) is 15.3. The van der Waals surface area contributed by atoms with Gasteiger partial charge >= 0.3 is 0 Å². The van der Waals surface area contributed by atoms with Crippen LogP contribution in [0.4, 0.5) is 5.69 Å². The fourth-order valence-electron chi connectivity index (χ4n) is 2.53. The molecule has 136 valence electrons. The van der Waals surface area contributed by atoms with Gasteiger partial charge in [0.05, 0.1) is 24.3 Å². The van der Waals surface area contributed by atoms with Crippen molar-refractivity contribution < 1.29 is 14.4 Å². The lowest BCUT2D eigenvalue weighted by Gasteiger charge is -2.18. The van der Waals surface area contributed by atoms with Gasteiger partial charge in [0.25, 0.3) is 11.8 Å². The summed E-state index contributed by atoms with van der Waals surface area (Å²) in [6.45, 7) is 4.26. The first-order valence-corrected chi connectivity index (χ1v) is 8.59. The van der Waals surface area contributed by atoms with Gasteiger partial charge < -0.3 is 0 Å². The van der Waals surface area contributed by atoms with Gasteiger partial charge in [0.2, 0.25) is 0 Å². The number of nitrogens with one attached hydrogen (secondary N) is 2. The fourth-order valence-corrected chi connectivity index (χ4v) is 2.71. The highest BCUT2D eigenvalue weighted by Crippen LogP contribution is 2.30. The molecule has 1 aliphatic rings. The lowest BCUT2D eigenvalue weighted by atomic mass is 9.95. The number of benzene rings is 2. The molecule has 1 saturated heterocycles. The van der Waals surface area contributed by atoms with E-state index in [9.17, 15) is 9.59 Å². The molecule has 0 bridgehead atoms. The zero-order chi connectivity index (χ0) is 18.7. The molecule has 0 atom stereocenters. The highest BCUT2D eigenvalue weighted by molar-refractivity contribution is 6.31. The third-order valence-corrected chi connectivity index (χ3v) is 4.47. The maximum Gasteiger partial charge on any atom is 0.269 e. The molecular formula is C19H20ClN3O3. The lowest BCUT2D eigenvalue weighted by molar-refractivity contribution is -0.165. The smallest absolute Gasteiger partial charge is 0.269 e. The van der Waals surface area contributed by atoms with Crippen LogP contribution in [0.1, 0.15) is 29.8 Å². The summed E-state index contributed by atoms with van der Waals surface area (Å²) in [4.78, 5) is 29.8. The molecule has 26 heavy (non-hydrogen) atoms. The average Bonchev–Trinajstić information content (AvgIpc) is 2.89. The second-order valence-corrected chi connectivity index (χ2v) is 7.16. The van der Waals surface area contributed by atoms with E-state index in [-0.39, 0.29) is 18.4 Å². The van der Waals surface area contributed by atoms with Crippen LogP contribution in [0, 0.1) is 5.41 Å². The molecule has 0 radical (unpaired) electrons. The van der Waals surface area contributed by atoms with E-state index in [1.54, 1.807) is 42.5 Å². The van der Waals surface area contributed by atoms with Crippen molar-refractivity contribution in [3.63, 3.8) is 0 Å². The average molecular weight is 374 g/mol. The minimum absolute atomic E-state index is 0.0793. The maximum atomic E-state index is 12.3. The Bertz CT molecular complexity index is 824. The molecule has 3 rings (SSSR count). The molecule has 2 N–H and O–H groups in total. The topological polar surface area (TPSA) is 70.7 Å². The van der Waals surface area contributed by atoms with Crippen LogP contribution in [0.25, 0.3) is 0 Å². The number of carbonyl (C=O) groups excluding carboxylic acids is 2. The van der Waals surface area contributed by atoms with E-state index in [2.05, 4.69) is 10.9 Å². The predicted molar refractivity (Wildman–Crippen MR) is 99.3 cm³/mol. The van der Waals surface area contributed by atoms with Gasteiger partial charge in [-0.3, -0.25) is 25.3 Å². The van der Waals surface area contributed by atoms with Crippen molar-refractivity contribution in [2.45, 2.75) is 20.4 Å². The summed E-state index contributed by atoms with van der Waals surface area (Å²) < 4.78 is 0. The summed E-state index contributed by atoms with van der Waals surface area (Å²) in [5, 5.41) is 1.85. The minimum Gasteiger partial charge on any atom is -0.298 e. The maximum absolute atomic E-state index is 12.3. The number of hydrazine groups is 1. The predicted octanol–water partition coefficient (Wildman–Crippen LogP) is 3.40. The summed E-state index contributed by atoms with van der Waals surface area (Å²) in [6.07, 6.45) is 0. The summed E-state index contributed by atoms with van der Waals surface area (Å²) >= 11 is 6.24. The van der Waals surface area contributed by atoms with E-state index in [4.69, 9.17) is 16.4 Å². The number of amides is 2. The molecule has 1 aliphatic heterocycles. The van der Waals surface area contributed by atoms with E-state index >= 15 is 0 Å². The Kier molecular flexibility index (Phi) is 5.15. The normalized spacial score (nSPS) is 15.8. The largest absolute Gasteiger partial charge is 0.298 e. The number of anilines is 1. The van der Waals surface area contributed by atoms with Gasteiger partial charge in [-0.15, -0.1) is 0 Å². The first-order valence-electron chi connectivity index (χ1n) is 8.21. The number of hydrogen-bond donors (Lipinski definition) is 2. The van der Waals surface area contributed by atoms with Gasteiger partial charge in [0, 0.05) is 10.6 Å². The van der Waals surface area contributed by atoms with E-state index < -0.39 is 5.41 Å². The summed E-state index contributed by atoms with van der Waals surface area (Å²) in [5.74, 6) is -0.328. The first kappa shape index (κ1) is 18.2. The Morgan fingerprint density at radius 3 is 2.62 bits per heavy atom. The Balaban J connectivity index is 1.66. The molecular weight excluding hydrogens is 354 g/mol. The summed E-state index contributed by atoms with van der Waals surface area (Å²) in [5.41, 5.74) is 6.88. The highest BCUT2D eigenvalue weighted by Gasteiger charge is 2.40. The lowest BCUT2D eigenvalue weighted by Crippen LogP contribution is -2.31. The molecule has 7 heteroatoms. The van der Waals surface area contributed by atoms with E-state index in [1.165, 1.54) is 5.06 Å². The van der Waals surface area contributed by atoms with Gasteiger partial charge in [0.15, 0.2) is 0 Å². The summed E-state index contributed by atoms with van der Waals surface area (Å²) in [7, 11) is 0. The van der Waals surface area contributed by atoms with Crippen LogP contribution in [-0.2, 0) is 16.2 Å². The summed E-state index contributed by atoms with van der Waals surface area (Å²) in [6, 6.07) is 14.1. The number of rotatable bonds is 5. The molecule has 2 aromatic rings.